The first-order chi connectivity index (χ1) is 10.3. The number of hydrogen-bond acceptors (Lipinski definition) is 4. The van der Waals surface area contributed by atoms with Crippen LogP contribution in [0, 0.1) is 0 Å². The third kappa shape index (κ3) is 2.17. The van der Waals surface area contributed by atoms with E-state index in [1.807, 2.05) is 23.7 Å². The van der Waals surface area contributed by atoms with Crippen LogP contribution in [0.2, 0.25) is 0 Å². The first kappa shape index (κ1) is 12.4. The molecule has 1 amide bonds. The molecule has 5 nitrogen and oxygen atoms in total. The minimum Gasteiger partial charge on any atom is -0.467 e. The Morgan fingerprint density at radius 2 is 2.43 bits per heavy atom. The van der Waals surface area contributed by atoms with Gasteiger partial charge in [0.1, 0.15) is 18.1 Å². The maximum atomic E-state index is 12.0. The van der Waals surface area contributed by atoms with Gasteiger partial charge in [-0.1, -0.05) is 0 Å². The Labute approximate surface area is 125 Å². The number of carbonyl (C=O) groups is 1. The maximum absolute atomic E-state index is 12.0. The molecule has 0 unspecified atom stereocenters. The number of hydrogen-bond donors (Lipinski definition) is 1. The van der Waals surface area contributed by atoms with Crippen LogP contribution in [0.3, 0.4) is 0 Å². The monoisotopic (exact) mass is 299 g/mol. The van der Waals surface area contributed by atoms with Gasteiger partial charge in [-0.25, -0.2) is 4.68 Å². The van der Waals surface area contributed by atoms with E-state index in [1.54, 1.807) is 22.3 Å². The molecule has 1 aliphatic heterocycles. The minimum atomic E-state index is 0.0277. The van der Waals surface area contributed by atoms with E-state index in [1.165, 1.54) is 5.56 Å². The molecular formula is C15H13N3O2S. The lowest BCUT2D eigenvalue weighted by Gasteiger charge is -2.22. The molecule has 0 bridgehead atoms. The highest BCUT2D eigenvalue weighted by Gasteiger charge is 2.30. The second-order valence-corrected chi connectivity index (χ2v) is 5.83. The molecule has 4 rings (SSSR count). The fraction of sp³-hybridized carbons (Fsp3) is 0.200. The summed E-state index contributed by atoms with van der Waals surface area (Å²) in [6.45, 7) is 0.513. The molecule has 21 heavy (non-hydrogen) atoms. The average molecular weight is 299 g/mol. The summed E-state index contributed by atoms with van der Waals surface area (Å²) >= 11 is 1.65. The van der Waals surface area contributed by atoms with Crippen molar-refractivity contribution in [3.63, 3.8) is 0 Å². The number of rotatable bonds is 3. The summed E-state index contributed by atoms with van der Waals surface area (Å²) in [6.07, 6.45) is 3.95. The Hall–Kier alpha value is -2.34. The van der Waals surface area contributed by atoms with E-state index >= 15 is 0 Å². The quantitative estimate of drug-likeness (QED) is 0.808. The molecule has 0 aliphatic carbocycles. The van der Waals surface area contributed by atoms with Gasteiger partial charge in [0.05, 0.1) is 12.5 Å². The van der Waals surface area contributed by atoms with E-state index in [-0.39, 0.29) is 11.8 Å². The third-order valence-corrected chi connectivity index (χ3v) is 4.42. The molecule has 0 spiro atoms. The van der Waals surface area contributed by atoms with E-state index in [0.29, 0.717) is 13.0 Å². The maximum Gasteiger partial charge on any atom is 0.226 e. The van der Waals surface area contributed by atoms with E-state index in [0.717, 1.165) is 17.1 Å². The summed E-state index contributed by atoms with van der Waals surface area (Å²) < 4.78 is 7.13. The van der Waals surface area contributed by atoms with Crippen LogP contribution in [0.1, 0.15) is 29.2 Å². The highest BCUT2D eigenvalue weighted by molar-refractivity contribution is 7.08. The number of furan rings is 1. The van der Waals surface area contributed by atoms with Crippen molar-refractivity contribution in [1.29, 1.82) is 0 Å². The van der Waals surface area contributed by atoms with Crippen molar-refractivity contribution in [1.82, 2.24) is 9.78 Å². The minimum absolute atomic E-state index is 0.0277. The van der Waals surface area contributed by atoms with Crippen molar-refractivity contribution >= 4 is 23.1 Å². The van der Waals surface area contributed by atoms with E-state index in [2.05, 4.69) is 21.9 Å². The van der Waals surface area contributed by atoms with Crippen molar-refractivity contribution in [3.8, 4) is 0 Å². The van der Waals surface area contributed by atoms with Crippen LogP contribution in [0.4, 0.5) is 5.82 Å². The molecule has 1 N–H and O–H groups in total. The Morgan fingerprint density at radius 1 is 1.48 bits per heavy atom. The fourth-order valence-electron chi connectivity index (χ4n) is 2.71. The Bertz CT molecular complexity index is 759. The van der Waals surface area contributed by atoms with Crippen LogP contribution in [0.25, 0.3) is 0 Å². The number of amides is 1. The van der Waals surface area contributed by atoms with Gasteiger partial charge < -0.3 is 9.73 Å². The molecule has 0 saturated heterocycles. The van der Waals surface area contributed by atoms with E-state index in [9.17, 15) is 4.79 Å². The van der Waals surface area contributed by atoms with Gasteiger partial charge >= 0.3 is 0 Å². The lowest BCUT2D eigenvalue weighted by molar-refractivity contribution is -0.116. The number of nitrogens with one attached hydrogen (secondary N) is 1. The van der Waals surface area contributed by atoms with Gasteiger partial charge in [0, 0.05) is 17.9 Å². The molecule has 0 aromatic carbocycles. The zero-order valence-electron chi connectivity index (χ0n) is 11.2. The fourth-order valence-corrected chi connectivity index (χ4v) is 3.42. The molecule has 0 fully saturated rings. The van der Waals surface area contributed by atoms with Gasteiger partial charge in [-0.05, 0) is 34.5 Å². The molecule has 6 heteroatoms. The molecule has 106 valence electrons. The second-order valence-electron chi connectivity index (χ2n) is 5.05. The number of aromatic nitrogens is 2. The van der Waals surface area contributed by atoms with Crippen molar-refractivity contribution in [3.05, 3.63) is 58.3 Å². The van der Waals surface area contributed by atoms with Crippen LogP contribution in [-0.4, -0.2) is 15.7 Å². The largest absolute Gasteiger partial charge is 0.467 e. The summed E-state index contributed by atoms with van der Waals surface area (Å²) in [5, 5.41) is 11.5. The number of fused-ring (bicyclic) bond motifs is 1. The smallest absolute Gasteiger partial charge is 0.226 e. The van der Waals surface area contributed by atoms with Gasteiger partial charge in [0.25, 0.3) is 0 Å². The van der Waals surface area contributed by atoms with E-state index < -0.39 is 0 Å². The SMILES string of the molecule is O=C1C[C@H](c2ccsc2)c2cnn(Cc3ccco3)c2N1. The standard InChI is InChI=1S/C15H13N3O2S/c19-14-6-12(10-3-5-21-9-10)13-7-16-18(15(13)17-14)8-11-2-1-4-20-11/h1-5,7,9,12H,6,8H2,(H,17,19)/t12-/m1/s1. The average Bonchev–Trinajstić information content (AvgIpc) is 3.20. The summed E-state index contributed by atoms with van der Waals surface area (Å²) in [5.74, 6) is 1.71. The topological polar surface area (TPSA) is 60.1 Å². The number of thiophene rings is 1. The van der Waals surface area contributed by atoms with Crippen LogP contribution >= 0.6 is 11.3 Å². The Morgan fingerprint density at radius 3 is 3.19 bits per heavy atom. The molecule has 4 heterocycles. The molecule has 0 radical (unpaired) electrons. The predicted octanol–water partition coefficient (Wildman–Crippen LogP) is 3.06. The van der Waals surface area contributed by atoms with Crippen LogP contribution in [0.15, 0.2) is 45.8 Å². The number of nitrogens with zero attached hydrogens (tertiary/aromatic N) is 2. The van der Waals surface area contributed by atoms with Crippen molar-refractivity contribution < 1.29 is 9.21 Å². The van der Waals surface area contributed by atoms with Crippen LogP contribution in [0.5, 0.6) is 0 Å². The molecule has 1 aliphatic rings. The second kappa shape index (κ2) is 4.89. The highest BCUT2D eigenvalue weighted by atomic mass is 32.1. The summed E-state index contributed by atoms with van der Waals surface area (Å²) in [6, 6.07) is 5.81. The Balaban J connectivity index is 1.73. The third-order valence-electron chi connectivity index (χ3n) is 3.72. The normalized spacial score (nSPS) is 17.5. The summed E-state index contributed by atoms with van der Waals surface area (Å²) in [4.78, 5) is 12.0. The first-order valence-corrected chi connectivity index (χ1v) is 7.65. The van der Waals surface area contributed by atoms with Crippen LogP contribution < -0.4 is 5.32 Å². The molecular weight excluding hydrogens is 286 g/mol. The van der Waals surface area contributed by atoms with E-state index in [4.69, 9.17) is 4.42 Å². The Kier molecular flexibility index (Phi) is 2.89. The van der Waals surface area contributed by atoms with Gasteiger partial charge in [0.15, 0.2) is 0 Å². The van der Waals surface area contributed by atoms with Gasteiger partial charge in [-0.15, -0.1) is 0 Å². The zero-order chi connectivity index (χ0) is 14.2. The van der Waals surface area contributed by atoms with Crippen molar-refractivity contribution in [2.75, 3.05) is 5.32 Å². The predicted molar refractivity (Wildman–Crippen MR) is 79.4 cm³/mol. The summed E-state index contributed by atoms with van der Waals surface area (Å²) in [5.41, 5.74) is 2.24. The van der Waals surface area contributed by atoms with Gasteiger partial charge in [0.2, 0.25) is 5.91 Å². The molecule has 0 saturated carbocycles. The van der Waals surface area contributed by atoms with Crippen molar-refractivity contribution in [2.45, 2.75) is 18.9 Å². The molecule has 3 aromatic heterocycles. The van der Waals surface area contributed by atoms with Gasteiger partial charge in [-0.3, -0.25) is 4.79 Å². The van der Waals surface area contributed by atoms with Gasteiger partial charge in [-0.2, -0.15) is 16.4 Å². The number of carbonyl (C=O) groups excluding carboxylic acids is 1. The lowest BCUT2D eigenvalue weighted by Crippen LogP contribution is -2.24. The molecule has 1 atom stereocenters. The van der Waals surface area contributed by atoms with Crippen molar-refractivity contribution in [2.24, 2.45) is 0 Å². The highest BCUT2D eigenvalue weighted by Crippen LogP contribution is 2.37. The summed E-state index contributed by atoms with van der Waals surface area (Å²) in [7, 11) is 0. The molecule has 3 aromatic rings. The number of anilines is 1. The first-order valence-electron chi connectivity index (χ1n) is 6.71. The zero-order valence-corrected chi connectivity index (χ0v) is 12.0. The lowest BCUT2D eigenvalue weighted by atomic mass is 9.89. The van der Waals surface area contributed by atoms with Crippen LogP contribution in [-0.2, 0) is 11.3 Å².